The summed E-state index contributed by atoms with van der Waals surface area (Å²) >= 11 is 7.66. The molecule has 1 aromatic heterocycles. The number of thiazole rings is 1. The molecule has 0 aliphatic rings. The normalized spacial score (nSPS) is 12.7. The Balaban J connectivity index is 2.10. The molecule has 0 spiro atoms. The third-order valence-corrected chi connectivity index (χ3v) is 4.33. The van der Waals surface area contributed by atoms with Crippen molar-refractivity contribution in [2.24, 2.45) is 5.73 Å². The fraction of sp³-hybridized carbons (Fsp3) is 0.400. The van der Waals surface area contributed by atoms with Crippen LogP contribution in [0.5, 0.6) is 5.75 Å². The second-order valence-electron chi connectivity index (χ2n) is 5.09. The lowest BCUT2D eigenvalue weighted by Crippen LogP contribution is -2.08. The molecule has 0 amide bonds. The van der Waals surface area contributed by atoms with E-state index >= 15 is 0 Å². The Bertz CT molecular complexity index is 581. The van der Waals surface area contributed by atoms with Crippen LogP contribution in [-0.2, 0) is 6.61 Å². The molecule has 2 N–H and O–H groups in total. The molecule has 108 valence electrons. The van der Waals surface area contributed by atoms with Crippen LogP contribution in [0.15, 0.2) is 23.6 Å². The van der Waals surface area contributed by atoms with Gasteiger partial charge >= 0.3 is 0 Å². The molecule has 5 heteroatoms. The van der Waals surface area contributed by atoms with Gasteiger partial charge in [-0.3, -0.25) is 0 Å². The predicted octanol–water partition coefficient (Wildman–Crippen LogP) is 4.52. The Morgan fingerprint density at radius 1 is 1.35 bits per heavy atom. The first-order valence-electron chi connectivity index (χ1n) is 6.59. The number of nitrogens with zero attached hydrogens (tertiary/aromatic N) is 1. The molecule has 2 rings (SSSR count). The summed E-state index contributed by atoms with van der Waals surface area (Å²) in [7, 11) is 0. The molecule has 1 atom stereocenters. The molecule has 0 saturated heterocycles. The molecule has 2 aromatic rings. The highest BCUT2D eigenvalue weighted by atomic mass is 35.5. The summed E-state index contributed by atoms with van der Waals surface area (Å²) in [6.07, 6.45) is 0. The SMILES string of the molecule is CC(C)c1nc(COc2ccc(Cl)cc2C(C)N)cs1. The monoisotopic (exact) mass is 310 g/mol. The molecule has 0 saturated carbocycles. The third kappa shape index (κ3) is 3.72. The van der Waals surface area contributed by atoms with Gasteiger partial charge < -0.3 is 10.5 Å². The number of hydrogen-bond donors (Lipinski definition) is 1. The quantitative estimate of drug-likeness (QED) is 0.883. The Morgan fingerprint density at radius 3 is 2.70 bits per heavy atom. The van der Waals surface area contributed by atoms with Crippen LogP contribution in [0.2, 0.25) is 5.02 Å². The molecule has 3 nitrogen and oxygen atoms in total. The number of hydrogen-bond acceptors (Lipinski definition) is 4. The van der Waals surface area contributed by atoms with E-state index in [1.807, 2.05) is 30.5 Å². The Labute approximate surface area is 128 Å². The predicted molar refractivity (Wildman–Crippen MR) is 84.6 cm³/mol. The van der Waals surface area contributed by atoms with Gasteiger partial charge in [-0.05, 0) is 25.1 Å². The number of aromatic nitrogens is 1. The minimum Gasteiger partial charge on any atom is -0.487 e. The molecule has 1 aromatic carbocycles. The zero-order valence-corrected chi connectivity index (χ0v) is 13.5. The summed E-state index contributed by atoms with van der Waals surface area (Å²) < 4.78 is 5.84. The molecule has 0 aliphatic heterocycles. The van der Waals surface area contributed by atoms with E-state index in [2.05, 4.69) is 18.8 Å². The summed E-state index contributed by atoms with van der Waals surface area (Å²) in [6, 6.07) is 5.40. The molecule has 0 radical (unpaired) electrons. The molecule has 0 fully saturated rings. The first-order chi connectivity index (χ1) is 9.47. The van der Waals surface area contributed by atoms with Crippen molar-refractivity contribution in [1.82, 2.24) is 4.98 Å². The van der Waals surface area contributed by atoms with Crippen LogP contribution in [0, 0.1) is 0 Å². The van der Waals surface area contributed by atoms with Crippen molar-refractivity contribution in [3.8, 4) is 5.75 Å². The minimum atomic E-state index is -0.120. The topological polar surface area (TPSA) is 48.1 Å². The third-order valence-electron chi connectivity index (χ3n) is 2.90. The zero-order chi connectivity index (χ0) is 14.7. The summed E-state index contributed by atoms with van der Waals surface area (Å²) in [5.41, 5.74) is 7.81. The van der Waals surface area contributed by atoms with Crippen LogP contribution < -0.4 is 10.5 Å². The Morgan fingerprint density at radius 2 is 2.10 bits per heavy atom. The van der Waals surface area contributed by atoms with Crippen molar-refractivity contribution < 1.29 is 4.74 Å². The maximum absolute atomic E-state index is 5.99. The molecule has 20 heavy (non-hydrogen) atoms. The molecule has 0 aliphatic carbocycles. The van der Waals surface area contributed by atoms with E-state index in [0.29, 0.717) is 17.5 Å². The average Bonchev–Trinajstić information content (AvgIpc) is 2.86. The van der Waals surface area contributed by atoms with Gasteiger partial charge in [0.1, 0.15) is 12.4 Å². The van der Waals surface area contributed by atoms with Crippen molar-refractivity contribution in [2.45, 2.75) is 39.3 Å². The molecule has 1 heterocycles. The van der Waals surface area contributed by atoms with Gasteiger partial charge in [0.2, 0.25) is 0 Å². The Kier molecular flexibility index (Phi) is 5.02. The van der Waals surface area contributed by atoms with Crippen LogP contribution in [0.1, 0.15) is 49.0 Å². The standard InChI is InChI=1S/C15H19ClN2OS/c1-9(2)15-18-12(8-20-15)7-19-14-5-4-11(16)6-13(14)10(3)17/h4-6,8-10H,7,17H2,1-3H3. The second-order valence-corrected chi connectivity index (χ2v) is 6.42. The van der Waals surface area contributed by atoms with E-state index in [1.165, 1.54) is 0 Å². The highest BCUT2D eigenvalue weighted by molar-refractivity contribution is 7.09. The highest BCUT2D eigenvalue weighted by Gasteiger charge is 2.11. The van der Waals surface area contributed by atoms with Crippen molar-refractivity contribution >= 4 is 22.9 Å². The second kappa shape index (κ2) is 6.57. The number of ether oxygens (including phenoxy) is 1. The van der Waals surface area contributed by atoms with Gasteiger partial charge in [0, 0.05) is 27.9 Å². The van der Waals surface area contributed by atoms with Crippen LogP contribution in [0.3, 0.4) is 0 Å². The molecular formula is C15H19ClN2OS. The van der Waals surface area contributed by atoms with E-state index in [4.69, 9.17) is 22.1 Å². The number of rotatable bonds is 5. The van der Waals surface area contributed by atoms with E-state index in [9.17, 15) is 0 Å². The fourth-order valence-corrected chi connectivity index (χ4v) is 2.81. The van der Waals surface area contributed by atoms with Crippen LogP contribution in [0.25, 0.3) is 0 Å². The van der Waals surface area contributed by atoms with E-state index in [1.54, 1.807) is 11.3 Å². The van der Waals surface area contributed by atoms with Crippen molar-refractivity contribution in [3.05, 3.63) is 44.9 Å². The van der Waals surface area contributed by atoms with Crippen LogP contribution >= 0.6 is 22.9 Å². The van der Waals surface area contributed by atoms with Gasteiger partial charge in [-0.15, -0.1) is 11.3 Å². The van der Waals surface area contributed by atoms with E-state index in [0.717, 1.165) is 22.0 Å². The van der Waals surface area contributed by atoms with Gasteiger partial charge in [-0.2, -0.15) is 0 Å². The van der Waals surface area contributed by atoms with Gasteiger partial charge in [0.25, 0.3) is 0 Å². The molecular weight excluding hydrogens is 292 g/mol. The summed E-state index contributed by atoms with van der Waals surface area (Å²) in [6.45, 7) is 6.64. The first-order valence-corrected chi connectivity index (χ1v) is 7.85. The van der Waals surface area contributed by atoms with Crippen molar-refractivity contribution in [1.29, 1.82) is 0 Å². The number of benzene rings is 1. The molecule has 0 bridgehead atoms. The maximum atomic E-state index is 5.99. The van der Waals surface area contributed by atoms with Gasteiger partial charge in [-0.1, -0.05) is 25.4 Å². The minimum absolute atomic E-state index is 0.120. The number of halogens is 1. The summed E-state index contributed by atoms with van der Waals surface area (Å²) in [4.78, 5) is 4.55. The first kappa shape index (κ1) is 15.3. The smallest absolute Gasteiger partial charge is 0.131 e. The van der Waals surface area contributed by atoms with Crippen LogP contribution in [-0.4, -0.2) is 4.98 Å². The number of nitrogens with two attached hydrogens (primary N) is 1. The summed E-state index contributed by atoms with van der Waals surface area (Å²) in [5, 5.41) is 3.84. The fourth-order valence-electron chi connectivity index (χ4n) is 1.81. The lowest BCUT2D eigenvalue weighted by molar-refractivity contribution is 0.297. The largest absolute Gasteiger partial charge is 0.487 e. The van der Waals surface area contributed by atoms with Gasteiger partial charge in [-0.25, -0.2) is 4.98 Å². The average molecular weight is 311 g/mol. The highest BCUT2D eigenvalue weighted by Crippen LogP contribution is 2.28. The van der Waals surface area contributed by atoms with Gasteiger partial charge in [0.15, 0.2) is 0 Å². The van der Waals surface area contributed by atoms with Gasteiger partial charge in [0.05, 0.1) is 10.7 Å². The van der Waals surface area contributed by atoms with E-state index < -0.39 is 0 Å². The zero-order valence-electron chi connectivity index (χ0n) is 11.9. The van der Waals surface area contributed by atoms with Crippen LogP contribution in [0.4, 0.5) is 0 Å². The van der Waals surface area contributed by atoms with Crippen molar-refractivity contribution in [3.63, 3.8) is 0 Å². The maximum Gasteiger partial charge on any atom is 0.131 e. The lowest BCUT2D eigenvalue weighted by atomic mass is 10.1. The van der Waals surface area contributed by atoms with Crippen molar-refractivity contribution in [2.75, 3.05) is 0 Å². The molecule has 1 unspecified atom stereocenters. The van der Waals surface area contributed by atoms with E-state index in [-0.39, 0.29) is 6.04 Å². The summed E-state index contributed by atoms with van der Waals surface area (Å²) in [5.74, 6) is 1.22. The Hall–Kier alpha value is -1.10. The lowest BCUT2D eigenvalue weighted by Gasteiger charge is -2.13.